The molecule has 122 valence electrons. The van der Waals surface area contributed by atoms with Crippen LogP contribution in [0.3, 0.4) is 0 Å². The number of carbonyl (C=O) groups excluding carboxylic acids is 2. The molecule has 1 aromatic rings. The SMILES string of the molecule is COc1ccc(CCC(=O)NC2NC3CCC(=O)C=C3S2)cc1. The number of carbonyl (C=O) groups is 2. The van der Waals surface area contributed by atoms with E-state index in [4.69, 9.17) is 4.74 Å². The summed E-state index contributed by atoms with van der Waals surface area (Å²) in [6, 6.07) is 7.95. The van der Waals surface area contributed by atoms with E-state index in [1.165, 1.54) is 11.8 Å². The molecule has 2 N–H and O–H groups in total. The maximum Gasteiger partial charge on any atom is 0.222 e. The van der Waals surface area contributed by atoms with Crippen molar-refractivity contribution in [3.05, 3.63) is 40.8 Å². The van der Waals surface area contributed by atoms with Crippen molar-refractivity contribution < 1.29 is 14.3 Å². The number of ether oxygens (including phenoxy) is 1. The zero-order chi connectivity index (χ0) is 16.2. The van der Waals surface area contributed by atoms with Crippen LogP contribution in [0.25, 0.3) is 0 Å². The standard InChI is InChI=1S/C17H20N2O3S/c1-22-13-6-2-11(3-7-13)4-9-16(21)19-17-18-14-8-5-12(20)10-15(14)23-17/h2-3,6-7,10,14,17-18H,4-5,8-9H2,1H3,(H,19,21). The van der Waals surface area contributed by atoms with Crippen LogP contribution < -0.4 is 15.4 Å². The number of methoxy groups -OCH3 is 1. The van der Waals surface area contributed by atoms with Crippen LogP contribution in [0.2, 0.25) is 0 Å². The van der Waals surface area contributed by atoms with Crippen molar-refractivity contribution in [2.75, 3.05) is 7.11 Å². The van der Waals surface area contributed by atoms with Gasteiger partial charge in [-0.1, -0.05) is 23.9 Å². The molecule has 0 spiro atoms. The monoisotopic (exact) mass is 332 g/mol. The Labute approximate surface area is 139 Å². The fraction of sp³-hybridized carbons (Fsp3) is 0.412. The lowest BCUT2D eigenvalue weighted by Gasteiger charge is -2.15. The number of allylic oxidation sites excluding steroid dienone is 1. The van der Waals surface area contributed by atoms with Crippen LogP contribution >= 0.6 is 11.8 Å². The molecule has 1 aliphatic carbocycles. The zero-order valence-corrected chi connectivity index (χ0v) is 13.8. The largest absolute Gasteiger partial charge is 0.497 e. The number of nitrogens with one attached hydrogen (secondary N) is 2. The molecular weight excluding hydrogens is 312 g/mol. The van der Waals surface area contributed by atoms with Gasteiger partial charge in [0.25, 0.3) is 0 Å². The van der Waals surface area contributed by atoms with E-state index in [0.29, 0.717) is 19.3 Å². The van der Waals surface area contributed by atoms with E-state index in [2.05, 4.69) is 10.6 Å². The van der Waals surface area contributed by atoms with E-state index in [1.807, 2.05) is 24.3 Å². The van der Waals surface area contributed by atoms with Crippen LogP contribution in [0.4, 0.5) is 0 Å². The second-order valence-corrected chi connectivity index (χ2v) is 6.86. The first-order valence-corrected chi connectivity index (χ1v) is 8.61. The molecule has 5 nitrogen and oxygen atoms in total. The quantitative estimate of drug-likeness (QED) is 0.863. The van der Waals surface area contributed by atoms with E-state index < -0.39 is 0 Å². The maximum atomic E-state index is 12.1. The third-order valence-electron chi connectivity index (χ3n) is 4.02. The summed E-state index contributed by atoms with van der Waals surface area (Å²) in [4.78, 5) is 24.6. The molecule has 1 saturated heterocycles. The number of amides is 1. The predicted octanol–water partition coefficient (Wildman–Crippen LogP) is 1.98. The van der Waals surface area contributed by atoms with E-state index >= 15 is 0 Å². The number of thioether (sulfide) groups is 1. The molecule has 1 heterocycles. The summed E-state index contributed by atoms with van der Waals surface area (Å²) >= 11 is 1.53. The summed E-state index contributed by atoms with van der Waals surface area (Å²) in [6.45, 7) is 0. The molecule has 0 bridgehead atoms. The van der Waals surface area contributed by atoms with Gasteiger partial charge in [0.15, 0.2) is 5.78 Å². The highest BCUT2D eigenvalue weighted by Gasteiger charge is 2.33. The molecule has 0 radical (unpaired) electrons. The number of hydrogen-bond acceptors (Lipinski definition) is 5. The van der Waals surface area contributed by atoms with Crippen molar-refractivity contribution in [2.24, 2.45) is 0 Å². The first-order chi connectivity index (χ1) is 11.1. The van der Waals surface area contributed by atoms with Crippen molar-refractivity contribution >= 4 is 23.5 Å². The van der Waals surface area contributed by atoms with Crippen LogP contribution in [0, 0.1) is 0 Å². The van der Waals surface area contributed by atoms with Crippen molar-refractivity contribution in [1.82, 2.24) is 10.6 Å². The van der Waals surface area contributed by atoms with Gasteiger partial charge in [0.2, 0.25) is 5.91 Å². The molecule has 1 fully saturated rings. The van der Waals surface area contributed by atoms with Crippen LogP contribution in [0.15, 0.2) is 35.2 Å². The van der Waals surface area contributed by atoms with Crippen molar-refractivity contribution in [3.63, 3.8) is 0 Å². The molecule has 2 aliphatic rings. The summed E-state index contributed by atoms with van der Waals surface area (Å²) in [5.41, 5.74) is 0.968. The molecule has 0 aromatic heterocycles. The molecule has 2 unspecified atom stereocenters. The lowest BCUT2D eigenvalue weighted by atomic mass is 10.0. The Balaban J connectivity index is 1.46. The first kappa shape index (κ1) is 16.1. The van der Waals surface area contributed by atoms with Crippen LogP contribution in [0.5, 0.6) is 5.75 Å². The minimum absolute atomic E-state index is 0.0105. The highest BCUT2D eigenvalue weighted by atomic mass is 32.2. The van der Waals surface area contributed by atoms with E-state index in [9.17, 15) is 9.59 Å². The van der Waals surface area contributed by atoms with Gasteiger partial charge in [-0.15, -0.1) is 0 Å². The summed E-state index contributed by atoms with van der Waals surface area (Å²) in [7, 11) is 1.63. The molecule has 3 rings (SSSR count). The molecule has 2 atom stereocenters. The van der Waals surface area contributed by atoms with Gasteiger partial charge < -0.3 is 10.1 Å². The first-order valence-electron chi connectivity index (χ1n) is 7.73. The van der Waals surface area contributed by atoms with Crippen molar-refractivity contribution in [1.29, 1.82) is 0 Å². The molecule has 1 aliphatic heterocycles. The van der Waals surface area contributed by atoms with Crippen molar-refractivity contribution in [2.45, 2.75) is 37.2 Å². The Morgan fingerprint density at radius 2 is 2.17 bits per heavy atom. The minimum atomic E-state index is -0.138. The highest BCUT2D eigenvalue weighted by molar-refractivity contribution is 8.04. The lowest BCUT2D eigenvalue weighted by Crippen LogP contribution is -2.43. The highest BCUT2D eigenvalue weighted by Crippen LogP contribution is 2.34. The number of fused-ring (bicyclic) bond motifs is 1. The zero-order valence-electron chi connectivity index (χ0n) is 13.0. The maximum absolute atomic E-state index is 12.1. The molecule has 1 aromatic carbocycles. The fourth-order valence-corrected chi connectivity index (χ4v) is 3.98. The number of benzene rings is 1. The Morgan fingerprint density at radius 3 is 2.91 bits per heavy atom. The number of hydrogen-bond donors (Lipinski definition) is 2. The average molecular weight is 332 g/mol. The minimum Gasteiger partial charge on any atom is -0.497 e. The summed E-state index contributed by atoms with van der Waals surface area (Å²) in [5, 5.41) is 6.33. The predicted molar refractivity (Wildman–Crippen MR) is 90.1 cm³/mol. The van der Waals surface area contributed by atoms with Crippen molar-refractivity contribution in [3.8, 4) is 5.75 Å². The van der Waals surface area contributed by atoms with Gasteiger partial charge in [-0.05, 0) is 36.6 Å². The smallest absolute Gasteiger partial charge is 0.222 e. The Kier molecular flexibility index (Phi) is 5.03. The van der Waals surface area contributed by atoms with E-state index in [0.717, 1.165) is 22.6 Å². The number of rotatable bonds is 5. The average Bonchev–Trinajstić information content (AvgIpc) is 2.94. The molecule has 6 heteroatoms. The molecule has 0 saturated carbocycles. The van der Waals surface area contributed by atoms with Gasteiger partial charge in [-0.3, -0.25) is 14.9 Å². The summed E-state index contributed by atoms with van der Waals surface area (Å²) in [5.74, 6) is 1.00. The lowest BCUT2D eigenvalue weighted by molar-refractivity contribution is -0.121. The molecule has 23 heavy (non-hydrogen) atoms. The topological polar surface area (TPSA) is 67.4 Å². The van der Waals surface area contributed by atoms with Gasteiger partial charge in [-0.2, -0.15) is 0 Å². The summed E-state index contributed by atoms with van der Waals surface area (Å²) in [6.07, 6.45) is 4.23. The second-order valence-electron chi connectivity index (χ2n) is 5.68. The van der Waals surface area contributed by atoms with Crippen LogP contribution in [0.1, 0.15) is 24.8 Å². The number of aryl methyl sites for hydroxylation is 1. The third-order valence-corrected chi connectivity index (χ3v) is 5.19. The van der Waals surface area contributed by atoms with Gasteiger partial charge in [0.1, 0.15) is 11.2 Å². The van der Waals surface area contributed by atoms with E-state index in [-0.39, 0.29) is 23.2 Å². The van der Waals surface area contributed by atoms with E-state index in [1.54, 1.807) is 13.2 Å². The van der Waals surface area contributed by atoms with Gasteiger partial charge in [0.05, 0.1) is 7.11 Å². The number of ketones is 1. The summed E-state index contributed by atoms with van der Waals surface area (Å²) < 4.78 is 5.12. The van der Waals surface area contributed by atoms with Gasteiger partial charge in [-0.25, -0.2) is 0 Å². The van der Waals surface area contributed by atoms with Gasteiger partial charge >= 0.3 is 0 Å². The Morgan fingerprint density at radius 1 is 1.39 bits per heavy atom. The van der Waals surface area contributed by atoms with Gasteiger partial charge in [0, 0.05) is 23.8 Å². The Bertz CT molecular complexity index is 627. The second kappa shape index (κ2) is 7.19. The fourth-order valence-electron chi connectivity index (χ4n) is 2.73. The molecule has 1 amide bonds. The normalized spacial score (nSPS) is 23.2. The third kappa shape index (κ3) is 4.14. The van der Waals surface area contributed by atoms with Crippen LogP contribution in [-0.4, -0.2) is 30.3 Å². The van der Waals surface area contributed by atoms with Crippen LogP contribution in [-0.2, 0) is 16.0 Å². The Hall–Kier alpha value is -1.79. The molecular formula is C17H20N2O3S.